The highest BCUT2D eigenvalue weighted by molar-refractivity contribution is 5.97. The van der Waals surface area contributed by atoms with Crippen molar-refractivity contribution < 1.29 is 14.0 Å². The summed E-state index contributed by atoms with van der Waals surface area (Å²) < 4.78 is 16.0. The van der Waals surface area contributed by atoms with E-state index in [1.807, 2.05) is 36.9 Å². The van der Waals surface area contributed by atoms with E-state index in [4.69, 9.17) is 15.8 Å². The van der Waals surface area contributed by atoms with Gasteiger partial charge in [-0.05, 0) is 46.9 Å². The van der Waals surface area contributed by atoms with Crippen LogP contribution in [0.3, 0.4) is 0 Å². The van der Waals surface area contributed by atoms with Crippen LogP contribution in [0, 0.1) is 5.82 Å². The first-order valence-electron chi connectivity index (χ1n) is 15.1. The van der Waals surface area contributed by atoms with Crippen molar-refractivity contribution in [3.8, 4) is 22.4 Å². The smallest absolute Gasteiger partial charge is 0.269 e. The largest absolute Gasteiger partial charge is 0.368 e. The Morgan fingerprint density at radius 2 is 1.76 bits per heavy atom. The molecule has 0 unspecified atom stereocenters. The number of H-pyrrole nitrogens is 1. The van der Waals surface area contributed by atoms with Crippen LogP contribution in [0.2, 0.25) is 0 Å². The van der Waals surface area contributed by atoms with Gasteiger partial charge in [0.15, 0.2) is 11.3 Å². The molecule has 2 amide bonds. The van der Waals surface area contributed by atoms with Crippen LogP contribution in [-0.4, -0.2) is 67.7 Å². The summed E-state index contributed by atoms with van der Waals surface area (Å²) in [4.78, 5) is 36.1. The molecule has 7 rings (SSSR count). The molecule has 11 nitrogen and oxygen atoms in total. The highest BCUT2D eigenvalue weighted by Gasteiger charge is 2.31. The average molecular weight is 608 g/mol. The van der Waals surface area contributed by atoms with Gasteiger partial charge in [0.1, 0.15) is 11.6 Å². The summed E-state index contributed by atoms with van der Waals surface area (Å²) in [6.07, 6.45) is 3.52. The maximum Gasteiger partial charge on any atom is 0.269 e. The number of carbonyl (C=O) groups is 2. The second-order valence-electron chi connectivity index (χ2n) is 12.0. The van der Waals surface area contributed by atoms with E-state index >= 15 is 0 Å². The number of benzene rings is 2. The fraction of sp³-hybridized carbons (Fsp3) is 0.303. The minimum Gasteiger partial charge on any atom is -0.368 e. The third-order valence-electron chi connectivity index (χ3n) is 8.78. The minimum absolute atomic E-state index is 0.0824. The van der Waals surface area contributed by atoms with Gasteiger partial charge in [0.05, 0.1) is 17.5 Å². The molecule has 3 aromatic heterocycles. The van der Waals surface area contributed by atoms with Gasteiger partial charge in [-0.25, -0.2) is 13.9 Å². The second kappa shape index (κ2) is 11.0. The number of amides is 2. The Morgan fingerprint density at radius 1 is 0.978 bits per heavy atom. The molecule has 0 aliphatic carbocycles. The number of aromatic nitrogens is 5. The van der Waals surface area contributed by atoms with E-state index in [1.54, 1.807) is 29.9 Å². The van der Waals surface area contributed by atoms with Gasteiger partial charge in [-0.1, -0.05) is 32.0 Å². The lowest BCUT2D eigenvalue weighted by Gasteiger charge is -2.36. The molecule has 2 aromatic carbocycles. The number of nitrogens with two attached hydrogens (primary N) is 1. The molecule has 0 atom stereocenters. The summed E-state index contributed by atoms with van der Waals surface area (Å²) in [5.74, 6) is -0.220. The van der Waals surface area contributed by atoms with Gasteiger partial charge >= 0.3 is 0 Å². The lowest BCUT2D eigenvalue weighted by molar-refractivity contribution is -0.129. The van der Waals surface area contributed by atoms with Crippen LogP contribution in [0.15, 0.2) is 54.9 Å². The highest BCUT2D eigenvalue weighted by Crippen LogP contribution is 2.43. The predicted molar refractivity (Wildman–Crippen MR) is 169 cm³/mol. The van der Waals surface area contributed by atoms with Crippen LogP contribution >= 0.6 is 0 Å². The van der Waals surface area contributed by atoms with E-state index in [1.165, 1.54) is 6.07 Å². The average Bonchev–Trinajstić information content (AvgIpc) is 3.79. The third kappa shape index (κ3) is 4.95. The molecular weight excluding hydrogens is 573 g/mol. The van der Waals surface area contributed by atoms with E-state index in [0.29, 0.717) is 62.0 Å². The van der Waals surface area contributed by atoms with Crippen LogP contribution in [0.4, 0.5) is 15.9 Å². The van der Waals surface area contributed by atoms with E-state index < -0.39 is 5.91 Å². The van der Waals surface area contributed by atoms with E-state index in [2.05, 4.69) is 32.1 Å². The van der Waals surface area contributed by atoms with Gasteiger partial charge in [0, 0.05) is 69.2 Å². The van der Waals surface area contributed by atoms with Gasteiger partial charge < -0.3 is 20.4 Å². The van der Waals surface area contributed by atoms with Crippen LogP contribution < -0.4 is 15.5 Å². The van der Waals surface area contributed by atoms with Crippen molar-refractivity contribution in [2.24, 2.45) is 5.73 Å². The first-order valence-corrected chi connectivity index (χ1v) is 15.1. The van der Waals surface area contributed by atoms with Crippen molar-refractivity contribution in [1.29, 1.82) is 0 Å². The highest BCUT2D eigenvalue weighted by atomic mass is 19.1. The number of hydrogen-bond acceptors (Lipinski definition) is 7. The third-order valence-corrected chi connectivity index (χ3v) is 8.78. The van der Waals surface area contributed by atoms with Crippen molar-refractivity contribution in [2.75, 3.05) is 36.0 Å². The van der Waals surface area contributed by atoms with Gasteiger partial charge in [-0.15, -0.1) is 0 Å². The molecule has 3 N–H and O–H groups in total. The summed E-state index contributed by atoms with van der Waals surface area (Å²) in [6, 6.07) is 13.1. The number of rotatable bonds is 6. The number of carbonyl (C=O) groups excluding carboxylic acids is 2. The van der Waals surface area contributed by atoms with E-state index in [-0.39, 0.29) is 23.3 Å². The molecule has 230 valence electrons. The van der Waals surface area contributed by atoms with Crippen LogP contribution in [0.1, 0.15) is 53.9 Å². The van der Waals surface area contributed by atoms with Crippen molar-refractivity contribution in [3.05, 3.63) is 83.1 Å². The Hall–Kier alpha value is -5.26. The van der Waals surface area contributed by atoms with Gasteiger partial charge in [0.25, 0.3) is 5.91 Å². The standard InChI is InChI=1S/C33H34FN9O2/c1-19(2)27-29(31(35)45)39-43-30(24-15-36-37-16-24)28(21-5-4-6-26(14-21)41-11-9-40(10-12-41)20(3)44)32(38-33(27)43)42-17-22-7-8-25(34)13-23(22)18-42/h4-8,13-16,19H,9-12,17-18H2,1-3H3,(H2,35,45)(H,36,37). The number of hydrogen-bond donors (Lipinski definition) is 2. The second-order valence-corrected chi connectivity index (χ2v) is 12.0. The summed E-state index contributed by atoms with van der Waals surface area (Å²) >= 11 is 0. The van der Waals surface area contributed by atoms with Gasteiger partial charge in [-0.3, -0.25) is 14.7 Å². The zero-order chi connectivity index (χ0) is 31.4. The summed E-state index contributed by atoms with van der Waals surface area (Å²) in [7, 11) is 0. The minimum atomic E-state index is -0.624. The fourth-order valence-corrected chi connectivity index (χ4v) is 6.56. The van der Waals surface area contributed by atoms with Gasteiger partial charge in [-0.2, -0.15) is 10.2 Å². The van der Waals surface area contributed by atoms with Crippen LogP contribution in [-0.2, 0) is 17.9 Å². The molecule has 2 aliphatic heterocycles. The Kier molecular flexibility index (Phi) is 6.99. The maximum atomic E-state index is 14.3. The van der Waals surface area contributed by atoms with E-state index in [9.17, 15) is 14.0 Å². The number of primary amides is 1. The zero-order valence-corrected chi connectivity index (χ0v) is 25.4. The number of fused-ring (bicyclic) bond motifs is 2. The lowest BCUT2D eigenvalue weighted by atomic mass is 9.98. The number of nitrogens with zero attached hydrogens (tertiary/aromatic N) is 7. The monoisotopic (exact) mass is 607 g/mol. The van der Waals surface area contributed by atoms with Crippen molar-refractivity contribution in [1.82, 2.24) is 29.7 Å². The number of piperazine rings is 1. The molecule has 12 heteroatoms. The molecule has 0 spiro atoms. The number of aromatic amines is 1. The fourth-order valence-electron chi connectivity index (χ4n) is 6.56. The van der Waals surface area contributed by atoms with Gasteiger partial charge in [0.2, 0.25) is 5.91 Å². The zero-order valence-electron chi connectivity index (χ0n) is 25.4. The molecule has 1 saturated heterocycles. The summed E-state index contributed by atoms with van der Waals surface area (Å²) in [5.41, 5.74) is 13.4. The molecule has 0 bridgehead atoms. The Bertz CT molecular complexity index is 1940. The first-order chi connectivity index (χ1) is 21.7. The quantitative estimate of drug-likeness (QED) is 0.294. The molecule has 45 heavy (non-hydrogen) atoms. The topological polar surface area (TPSA) is 129 Å². The van der Waals surface area contributed by atoms with Crippen molar-refractivity contribution in [2.45, 2.75) is 39.8 Å². The number of nitrogens with one attached hydrogen (secondary N) is 1. The van der Waals surface area contributed by atoms with Crippen molar-refractivity contribution in [3.63, 3.8) is 0 Å². The Morgan fingerprint density at radius 3 is 2.44 bits per heavy atom. The summed E-state index contributed by atoms with van der Waals surface area (Å²) in [5, 5.41) is 11.9. The van der Waals surface area contributed by atoms with Crippen LogP contribution in [0.25, 0.3) is 28.0 Å². The molecular formula is C33H34FN9O2. The summed E-state index contributed by atoms with van der Waals surface area (Å²) in [6.45, 7) is 9.32. The van der Waals surface area contributed by atoms with Crippen LogP contribution in [0.5, 0.6) is 0 Å². The number of anilines is 2. The molecule has 5 aromatic rings. The molecule has 5 heterocycles. The SMILES string of the molecule is CC(=O)N1CCN(c2cccc(-c3c(N4Cc5ccc(F)cc5C4)nc4c(C(C)C)c(C(N)=O)nn4c3-c3cn[nH]c3)c2)CC1. The number of halogens is 1. The maximum absolute atomic E-state index is 14.3. The Balaban J connectivity index is 1.47. The van der Waals surface area contributed by atoms with Crippen molar-refractivity contribution >= 4 is 29.0 Å². The lowest BCUT2D eigenvalue weighted by Crippen LogP contribution is -2.48. The first kappa shape index (κ1) is 28.5. The normalized spacial score (nSPS) is 14.9. The molecule has 1 fully saturated rings. The van der Waals surface area contributed by atoms with E-state index in [0.717, 1.165) is 33.5 Å². The molecule has 0 radical (unpaired) electrons. The predicted octanol–water partition coefficient (Wildman–Crippen LogP) is 4.34. The molecule has 0 saturated carbocycles. The Labute approximate surface area is 259 Å². The molecule has 2 aliphatic rings.